The van der Waals surface area contributed by atoms with Crippen LogP contribution < -0.4 is 14.2 Å². The van der Waals surface area contributed by atoms with E-state index in [0.29, 0.717) is 45.3 Å². The van der Waals surface area contributed by atoms with Crippen LogP contribution in [0.4, 0.5) is 0 Å². The van der Waals surface area contributed by atoms with Crippen molar-refractivity contribution in [3.05, 3.63) is 82.9 Å². The van der Waals surface area contributed by atoms with Gasteiger partial charge >= 0.3 is 5.97 Å². The van der Waals surface area contributed by atoms with Gasteiger partial charge in [-0.05, 0) is 30.3 Å². The molecule has 5 rings (SSSR count). The first-order valence-corrected chi connectivity index (χ1v) is 11.1. The fourth-order valence-corrected chi connectivity index (χ4v) is 4.31. The minimum atomic E-state index is -1.26. The Hall–Kier alpha value is -3.63. The average molecular weight is 480 g/mol. The van der Waals surface area contributed by atoms with E-state index in [4.69, 9.17) is 29.2 Å². The van der Waals surface area contributed by atoms with Gasteiger partial charge in [0.05, 0.1) is 18.8 Å². The lowest BCUT2D eigenvalue weighted by Crippen LogP contribution is -2.33. The molecular formula is C26H24O9. The van der Waals surface area contributed by atoms with E-state index in [-0.39, 0.29) is 13.2 Å². The first-order valence-electron chi connectivity index (χ1n) is 11.1. The zero-order valence-electron chi connectivity index (χ0n) is 18.6. The fraction of sp³-hybridized carbons (Fsp3) is 0.269. The van der Waals surface area contributed by atoms with E-state index >= 15 is 0 Å². The van der Waals surface area contributed by atoms with E-state index in [9.17, 15) is 15.0 Å². The number of aliphatic hydroxyl groups is 4. The molecule has 0 bridgehead atoms. The molecule has 3 aromatic carbocycles. The van der Waals surface area contributed by atoms with Crippen LogP contribution in [-0.4, -0.2) is 65.0 Å². The van der Waals surface area contributed by atoms with Crippen LogP contribution in [0, 0.1) is 0 Å². The monoisotopic (exact) mass is 480 g/mol. The van der Waals surface area contributed by atoms with Gasteiger partial charge in [-0.1, -0.05) is 18.2 Å². The van der Waals surface area contributed by atoms with Crippen molar-refractivity contribution >= 4 is 5.97 Å². The summed E-state index contributed by atoms with van der Waals surface area (Å²) in [5, 5.41) is 37.3. The molecule has 2 aliphatic rings. The van der Waals surface area contributed by atoms with Crippen molar-refractivity contribution in [2.45, 2.75) is 17.8 Å². The second kappa shape index (κ2) is 9.20. The van der Waals surface area contributed by atoms with Crippen LogP contribution >= 0.6 is 0 Å². The lowest BCUT2D eigenvalue weighted by Gasteiger charge is -2.36. The van der Waals surface area contributed by atoms with Gasteiger partial charge in [0.25, 0.3) is 0 Å². The molecule has 4 N–H and O–H groups in total. The molecule has 0 saturated carbocycles. The minimum absolute atomic E-state index is 0.111. The maximum Gasteiger partial charge on any atom is 0.340 e. The molecule has 0 amide bonds. The molecule has 0 saturated heterocycles. The summed E-state index contributed by atoms with van der Waals surface area (Å²) in [5.74, 6) is 1.09. The van der Waals surface area contributed by atoms with Crippen LogP contribution in [0.5, 0.6) is 23.0 Å². The highest BCUT2D eigenvalue weighted by molar-refractivity contribution is 5.97. The van der Waals surface area contributed by atoms with E-state index in [1.165, 1.54) is 0 Å². The van der Waals surface area contributed by atoms with Gasteiger partial charge < -0.3 is 39.4 Å². The predicted octanol–water partition coefficient (Wildman–Crippen LogP) is 1.72. The Kier molecular flexibility index (Phi) is 6.08. The third kappa shape index (κ3) is 3.98. The van der Waals surface area contributed by atoms with Crippen LogP contribution in [0.1, 0.15) is 27.0 Å². The van der Waals surface area contributed by atoms with E-state index in [2.05, 4.69) is 0 Å². The zero-order chi connectivity index (χ0) is 24.6. The number of carbonyl (C=O) groups is 1. The van der Waals surface area contributed by atoms with Crippen LogP contribution in [0.3, 0.4) is 0 Å². The molecule has 35 heavy (non-hydrogen) atoms. The lowest BCUT2D eigenvalue weighted by atomic mass is 9.77. The second-order valence-corrected chi connectivity index (χ2v) is 8.33. The number of benzene rings is 3. The topological polar surface area (TPSA) is 135 Å². The molecule has 3 aromatic rings. The maximum atomic E-state index is 12.9. The van der Waals surface area contributed by atoms with Gasteiger partial charge in [0.15, 0.2) is 5.60 Å². The van der Waals surface area contributed by atoms with Gasteiger partial charge in [-0.15, -0.1) is 0 Å². The molecule has 0 aromatic heterocycles. The van der Waals surface area contributed by atoms with Crippen molar-refractivity contribution in [2.24, 2.45) is 0 Å². The van der Waals surface area contributed by atoms with Gasteiger partial charge in [-0.2, -0.15) is 0 Å². The summed E-state index contributed by atoms with van der Waals surface area (Å²) < 4.78 is 23.4. The number of hydrogen-bond acceptors (Lipinski definition) is 9. The van der Waals surface area contributed by atoms with Gasteiger partial charge in [0, 0.05) is 28.8 Å². The lowest BCUT2D eigenvalue weighted by molar-refractivity contribution is 0.0222. The standard InChI is InChI=1S/C26H24O9/c27-11-15(29)13-32-17-5-7-21-23(9-17)34-24-10-18(33-14-16(30)12-28)6-8-22(24)26(21)20-4-2-1-3-19(20)25(31)35-26/h1-10,15-16,27-30H,11-14H2. The highest BCUT2D eigenvalue weighted by Crippen LogP contribution is 2.57. The van der Waals surface area contributed by atoms with Crippen LogP contribution in [0.15, 0.2) is 60.7 Å². The minimum Gasteiger partial charge on any atom is -0.491 e. The van der Waals surface area contributed by atoms with Gasteiger partial charge in [0.2, 0.25) is 0 Å². The van der Waals surface area contributed by atoms with Gasteiger partial charge in [0.1, 0.15) is 48.4 Å². The second-order valence-electron chi connectivity index (χ2n) is 8.33. The number of hydrogen-bond donors (Lipinski definition) is 4. The highest BCUT2D eigenvalue weighted by atomic mass is 16.6. The molecule has 9 heteroatoms. The van der Waals surface area contributed by atoms with Crippen molar-refractivity contribution in [1.29, 1.82) is 0 Å². The molecule has 2 heterocycles. The van der Waals surface area contributed by atoms with Crippen molar-refractivity contribution in [3.63, 3.8) is 0 Å². The molecule has 0 fully saturated rings. The van der Waals surface area contributed by atoms with Gasteiger partial charge in [-0.25, -0.2) is 4.79 Å². The Labute approximate surface area is 200 Å². The Morgan fingerprint density at radius 1 is 0.771 bits per heavy atom. The summed E-state index contributed by atoms with van der Waals surface area (Å²) in [6, 6.07) is 17.3. The Morgan fingerprint density at radius 3 is 1.86 bits per heavy atom. The Balaban J connectivity index is 1.61. The highest BCUT2D eigenvalue weighted by Gasteiger charge is 2.53. The average Bonchev–Trinajstić information content (AvgIpc) is 3.18. The van der Waals surface area contributed by atoms with Crippen LogP contribution in [0.2, 0.25) is 0 Å². The number of aliphatic hydroxyl groups excluding tert-OH is 4. The summed E-state index contributed by atoms with van der Waals surface area (Å²) in [6.07, 6.45) is -2.06. The van der Waals surface area contributed by atoms with Crippen molar-refractivity contribution < 1.29 is 44.2 Å². The summed E-state index contributed by atoms with van der Waals surface area (Å²) in [5.41, 5.74) is 1.06. The Bertz CT molecular complexity index is 1190. The zero-order valence-corrected chi connectivity index (χ0v) is 18.6. The van der Waals surface area contributed by atoms with E-state index in [1.807, 2.05) is 12.1 Å². The van der Waals surface area contributed by atoms with Crippen LogP contribution in [-0.2, 0) is 10.3 Å². The van der Waals surface area contributed by atoms with E-state index < -0.39 is 37.0 Å². The molecule has 2 unspecified atom stereocenters. The molecule has 0 radical (unpaired) electrons. The third-order valence-electron chi connectivity index (χ3n) is 5.96. The number of ether oxygens (including phenoxy) is 4. The summed E-state index contributed by atoms with van der Waals surface area (Å²) in [7, 11) is 0. The molecule has 2 atom stereocenters. The van der Waals surface area contributed by atoms with E-state index in [1.54, 1.807) is 48.5 Å². The SMILES string of the molecule is O=C1OC2(c3ccc(OCC(O)CO)cc3Oc3cc(OCC(O)CO)ccc32)c2ccccc21. The predicted molar refractivity (Wildman–Crippen MR) is 122 cm³/mol. The number of carbonyl (C=O) groups excluding carboxylic acids is 1. The summed E-state index contributed by atoms with van der Waals surface area (Å²) in [6.45, 7) is -1.09. The molecule has 182 valence electrons. The fourth-order valence-electron chi connectivity index (χ4n) is 4.31. The molecule has 1 spiro atoms. The molecular weight excluding hydrogens is 456 g/mol. The normalized spacial score (nSPS) is 19.1. The largest absolute Gasteiger partial charge is 0.491 e. The first-order chi connectivity index (χ1) is 17.0. The smallest absolute Gasteiger partial charge is 0.340 e. The van der Waals surface area contributed by atoms with Gasteiger partial charge in [-0.3, -0.25) is 0 Å². The number of fused-ring (bicyclic) bond motifs is 6. The molecule has 9 nitrogen and oxygen atoms in total. The van der Waals surface area contributed by atoms with Crippen molar-refractivity contribution in [3.8, 4) is 23.0 Å². The molecule has 0 aliphatic carbocycles. The summed E-state index contributed by atoms with van der Waals surface area (Å²) in [4.78, 5) is 12.9. The van der Waals surface area contributed by atoms with Crippen molar-refractivity contribution in [2.75, 3.05) is 26.4 Å². The number of rotatable bonds is 8. The number of esters is 1. The van der Waals surface area contributed by atoms with Crippen molar-refractivity contribution in [1.82, 2.24) is 0 Å². The Morgan fingerprint density at radius 2 is 1.31 bits per heavy atom. The third-order valence-corrected chi connectivity index (χ3v) is 5.96. The van der Waals surface area contributed by atoms with E-state index in [0.717, 1.165) is 0 Å². The maximum absolute atomic E-state index is 12.9. The first kappa shape index (κ1) is 23.1. The molecule has 2 aliphatic heterocycles. The quantitative estimate of drug-likeness (QED) is 0.356. The van der Waals surface area contributed by atoms with Crippen LogP contribution in [0.25, 0.3) is 0 Å². The summed E-state index contributed by atoms with van der Waals surface area (Å²) >= 11 is 0.